The van der Waals surface area contributed by atoms with Crippen molar-refractivity contribution in [2.24, 2.45) is 0 Å². The summed E-state index contributed by atoms with van der Waals surface area (Å²) in [6.07, 6.45) is 6.41. The lowest BCUT2D eigenvalue weighted by molar-refractivity contribution is 0.456. The molecule has 1 fully saturated rings. The summed E-state index contributed by atoms with van der Waals surface area (Å²) >= 11 is 0. The molecule has 0 amide bonds. The SMILES string of the molecule is CCCc1ccc(C(C)(C)CCNC2CC2)cc1. The lowest BCUT2D eigenvalue weighted by atomic mass is 9.81. The summed E-state index contributed by atoms with van der Waals surface area (Å²) in [5.41, 5.74) is 3.22. The first-order valence-electron chi connectivity index (χ1n) is 7.44. The van der Waals surface area contributed by atoms with Crippen LogP contribution in [0.1, 0.15) is 57.6 Å². The van der Waals surface area contributed by atoms with Crippen molar-refractivity contribution in [2.45, 2.75) is 64.3 Å². The van der Waals surface area contributed by atoms with E-state index in [0.29, 0.717) is 0 Å². The molecule has 2 rings (SSSR count). The van der Waals surface area contributed by atoms with E-state index in [1.54, 1.807) is 0 Å². The molecule has 0 saturated heterocycles. The third-order valence-corrected chi connectivity index (χ3v) is 4.03. The molecule has 0 heterocycles. The molecule has 0 bridgehead atoms. The summed E-state index contributed by atoms with van der Waals surface area (Å²) < 4.78 is 0. The second-order valence-electron chi connectivity index (χ2n) is 6.31. The maximum Gasteiger partial charge on any atom is 0.00682 e. The minimum atomic E-state index is 0.284. The molecule has 1 saturated carbocycles. The Kier molecular flexibility index (Phi) is 4.45. The molecular weight excluding hydrogens is 218 g/mol. The van der Waals surface area contributed by atoms with Gasteiger partial charge in [0.2, 0.25) is 0 Å². The van der Waals surface area contributed by atoms with Gasteiger partial charge in [-0.2, -0.15) is 0 Å². The van der Waals surface area contributed by atoms with Gasteiger partial charge in [-0.3, -0.25) is 0 Å². The Morgan fingerprint density at radius 1 is 1.17 bits per heavy atom. The predicted octanol–water partition coefficient (Wildman–Crippen LogP) is 4.06. The van der Waals surface area contributed by atoms with Gasteiger partial charge in [0, 0.05) is 6.04 Å². The molecule has 0 aromatic heterocycles. The number of aryl methyl sites for hydroxylation is 1. The highest BCUT2D eigenvalue weighted by Gasteiger charge is 2.23. The number of hydrogen-bond donors (Lipinski definition) is 1. The van der Waals surface area contributed by atoms with Gasteiger partial charge in [0.25, 0.3) is 0 Å². The molecule has 1 nitrogen and oxygen atoms in total. The molecule has 1 aliphatic rings. The van der Waals surface area contributed by atoms with E-state index >= 15 is 0 Å². The number of benzene rings is 1. The summed E-state index contributed by atoms with van der Waals surface area (Å²) in [5, 5.41) is 3.61. The second-order valence-corrected chi connectivity index (χ2v) is 6.31. The van der Waals surface area contributed by atoms with Crippen LogP contribution >= 0.6 is 0 Å². The van der Waals surface area contributed by atoms with E-state index in [2.05, 4.69) is 50.4 Å². The maximum absolute atomic E-state index is 3.61. The first kappa shape index (κ1) is 13.6. The van der Waals surface area contributed by atoms with Crippen molar-refractivity contribution in [3.8, 4) is 0 Å². The van der Waals surface area contributed by atoms with E-state index in [-0.39, 0.29) is 5.41 Å². The van der Waals surface area contributed by atoms with Crippen LogP contribution in [0.5, 0.6) is 0 Å². The van der Waals surface area contributed by atoms with Gasteiger partial charge >= 0.3 is 0 Å². The number of nitrogens with one attached hydrogen (secondary N) is 1. The Balaban J connectivity index is 1.89. The van der Waals surface area contributed by atoms with Gasteiger partial charge in [0.05, 0.1) is 0 Å². The Hall–Kier alpha value is -0.820. The Bertz CT molecular complexity index is 360. The van der Waals surface area contributed by atoms with Crippen LogP contribution in [-0.4, -0.2) is 12.6 Å². The van der Waals surface area contributed by atoms with E-state index in [1.807, 2.05) is 0 Å². The molecule has 0 radical (unpaired) electrons. The van der Waals surface area contributed by atoms with Gasteiger partial charge in [-0.25, -0.2) is 0 Å². The summed E-state index contributed by atoms with van der Waals surface area (Å²) in [7, 11) is 0. The third-order valence-electron chi connectivity index (χ3n) is 4.03. The monoisotopic (exact) mass is 245 g/mol. The average molecular weight is 245 g/mol. The fourth-order valence-electron chi connectivity index (χ4n) is 2.43. The number of hydrogen-bond acceptors (Lipinski definition) is 1. The highest BCUT2D eigenvalue weighted by atomic mass is 14.9. The van der Waals surface area contributed by atoms with Crippen molar-refractivity contribution in [3.63, 3.8) is 0 Å². The Morgan fingerprint density at radius 2 is 1.83 bits per heavy atom. The normalized spacial score (nSPS) is 15.9. The van der Waals surface area contributed by atoms with E-state index < -0.39 is 0 Å². The molecule has 1 aromatic rings. The molecule has 0 atom stereocenters. The number of rotatable bonds is 7. The van der Waals surface area contributed by atoms with Crippen LogP contribution in [0.15, 0.2) is 24.3 Å². The first-order valence-corrected chi connectivity index (χ1v) is 7.44. The van der Waals surface area contributed by atoms with Crippen LogP contribution in [0.2, 0.25) is 0 Å². The summed E-state index contributed by atoms with van der Waals surface area (Å²) in [4.78, 5) is 0. The van der Waals surface area contributed by atoms with Crippen LogP contribution in [0, 0.1) is 0 Å². The van der Waals surface area contributed by atoms with Crippen molar-refractivity contribution in [1.82, 2.24) is 5.32 Å². The average Bonchev–Trinajstić information content (AvgIpc) is 3.14. The minimum Gasteiger partial charge on any atom is -0.314 e. The molecule has 0 aliphatic heterocycles. The molecule has 18 heavy (non-hydrogen) atoms. The molecule has 0 spiro atoms. The first-order chi connectivity index (χ1) is 8.62. The molecule has 1 N–H and O–H groups in total. The van der Waals surface area contributed by atoms with Crippen molar-refractivity contribution >= 4 is 0 Å². The van der Waals surface area contributed by atoms with Crippen LogP contribution in [0.3, 0.4) is 0 Å². The highest BCUT2D eigenvalue weighted by molar-refractivity contribution is 5.28. The fourth-order valence-corrected chi connectivity index (χ4v) is 2.43. The van der Waals surface area contributed by atoms with Gasteiger partial charge in [0.15, 0.2) is 0 Å². The quantitative estimate of drug-likeness (QED) is 0.764. The fraction of sp³-hybridized carbons (Fsp3) is 0.647. The van der Waals surface area contributed by atoms with Crippen LogP contribution < -0.4 is 5.32 Å². The third kappa shape index (κ3) is 3.84. The molecule has 0 unspecified atom stereocenters. The molecule has 1 heteroatoms. The Morgan fingerprint density at radius 3 is 2.39 bits per heavy atom. The summed E-state index contributed by atoms with van der Waals surface area (Å²) in [6.45, 7) is 8.10. The minimum absolute atomic E-state index is 0.284. The van der Waals surface area contributed by atoms with Gasteiger partial charge < -0.3 is 5.32 Å². The molecule has 1 aromatic carbocycles. The van der Waals surface area contributed by atoms with Gasteiger partial charge in [0.1, 0.15) is 0 Å². The zero-order valence-corrected chi connectivity index (χ0v) is 12.1. The predicted molar refractivity (Wildman–Crippen MR) is 79.1 cm³/mol. The standard InChI is InChI=1S/C17H27N/c1-4-5-14-6-8-15(9-7-14)17(2,3)12-13-18-16-10-11-16/h6-9,16,18H,4-5,10-13H2,1-3H3. The maximum atomic E-state index is 3.61. The second kappa shape index (κ2) is 5.88. The molecular formula is C17H27N. The van der Waals surface area contributed by atoms with E-state index in [9.17, 15) is 0 Å². The summed E-state index contributed by atoms with van der Waals surface area (Å²) in [6, 6.07) is 10.1. The van der Waals surface area contributed by atoms with Crippen molar-refractivity contribution < 1.29 is 0 Å². The van der Waals surface area contributed by atoms with Gasteiger partial charge in [-0.1, -0.05) is 51.5 Å². The van der Waals surface area contributed by atoms with E-state index in [0.717, 1.165) is 12.6 Å². The zero-order chi connectivity index (χ0) is 13.0. The largest absolute Gasteiger partial charge is 0.314 e. The van der Waals surface area contributed by atoms with Crippen LogP contribution in [-0.2, 0) is 11.8 Å². The highest BCUT2D eigenvalue weighted by Crippen LogP contribution is 2.28. The van der Waals surface area contributed by atoms with E-state index in [4.69, 9.17) is 0 Å². The Labute approximate surface area is 112 Å². The van der Waals surface area contributed by atoms with Crippen molar-refractivity contribution in [1.29, 1.82) is 0 Å². The van der Waals surface area contributed by atoms with Crippen LogP contribution in [0.25, 0.3) is 0 Å². The van der Waals surface area contributed by atoms with Gasteiger partial charge in [-0.05, 0) is 48.8 Å². The van der Waals surface area contributed by atoms with Crippen LogP contribution in [0.4, 0.5) is 0 Å². The van der Waals surface area contributed by atoms with Gasteiger partial charge in [-0.15, -0.1) is 0 Å². The smallest absolute Gasteiger partial charge is 0.00682 e. The van der Waals surface area contributed by atoms with E-state index in [1.165, 1.54) is 43.2 Å². The summed E-state index contributed by atoms with van der Waals surface area (Å²) in [5.74, 6) is 0. The lowest BCUT2D eigenvalue weighted by Crippen LogP contribution is -2.26. The van der Waals surface area contributed by atoms with Crippen molar-refractivity contribution in [3.05, 3.63) is 35.4 Å². The van der Waals surface area contributed by atoms with Crippen molar-refractivity contribution in [2.75, 3.05) is 6.54 Å². The topological polar surface area (TPSA) is 12.0 Å². The zero-order valence-electron chi connectivity index (χ0n) is 12.1. The lowest BCUT2D eigenvalue weighted by Gasteiger charge is -2.25. The molecule has 100 valence electrons. The molecule has 1 aliphatic carbocycles.